The number of benzene rings is 4. The van der Waals surface area contributed by atoms with E-state index in [-0.39, 0.29) is 17.6 Å². The molecule has 0 bridgehead atoms. The summed E-state index contributed by atoms with van der Waals surface area (Å²) in [5.41, 5.74) is 3.64. The summed E-state index contributed by atoms with van der Waals surface area (Å²) in [6.45, 7) is 8.31. The van der Waals surface area contributed by atoms with Gasteiger partial charge in [-0.15, -0.1) is 0 Å². The van der Waals surface area contributed by atoms with Crippen LogP contribution < -0.4 is 14.2 Å². The Labute approximate surface area is 298 Å². The summed E-state index contributed by atoms with van der Waals surface area (Å²) in [7, 11) is 0. The van der Waals surface area contributed by atoms with Gasteiger partial charge in [0.2, 0.25) is 0 Å². The highest BCUT2D eigenvalue weighted by Crippen LogP contribution is 2.20. The molecule has 0 radical (unpaired) electrons. The second-order valence-electron chi connectivity index (χ2n) is 11.6. The second-order valence-corrected chi connectivity index (χ2v) is 11.6. The van der Waals surface area contributed by atoms with Gasteiger partial charge in [-0.25, -0.2) is 14.4 Å². The summed E-state index contributed by atoms with van der Waals surface area (Å²) >= 11 is 0. The number of rotatable bonds is 18. The van der Waals surface area contributed by atoms with Crippen LogP contribution in [0.2, 0.25) is 0 Å². The largest absolute Gasteiger partial charge is 0.494 e. The average molecular weight is 691 g/mol. The highest BCUT2D eigenvalue weighted by molar-refractivity contribution is 5.92. The van der Waals surface area contributed by atoms with Gasteiger partial charge in [0.05, 0.1) is 36.9 Å². The maximum absolute atomic E-state index is 12.7. The molecule has 4 aromatic rings. The van der Waals surface area contributed by atoms with Crippen LogP contribution in [0.4, 0.5) is 0 Å². The Morgan fingerprint density at radius 1 is 0.627 bits per heavy atom. The van der Waals surface area contributed by atoms with Crippen molar-refractivity contribution in [3.05, 3.63) is 138 Å². The van der Waals surface area contributed by atoms with Crippen molar-refractivity contribution in [2.24, 2.45) is 5.92 Å². The fourth-order valence-corrected chi connectivity index (χ4v) is 4.52. The van der Waals surface area contributed by atoms with Crippen molar-refractivity contribution in [1.82, 2.24) is 0 Å². The molecule has 0 fully saturated rings. The van der Waals surface area contributed by atoms with Crippen LogP contribution in [0, 0.1) is 5.92 Å². The zero-order chi connectivity index (χ0) is 36.4. The monoisotopic (exact) mass is 690 g/mol. The molecule has 0 saturated heterocycles. The summed E-state index contributed by atoms with van der Waals surface area (Å²) in [6, 6.07) is 27.8. The third kappa shape index (κ3) is 12.8. The Morgan fingerprint density at radius 3 is 1.65 bits per heavy atom. The molecule has 264 valence electrons. The molecule has 9 heteroatoms. The Bertz CT molecular complexity index is 1770. The standard InChI is InChI=1S/C42H42O9/c1-4-30(3)40(44)49-28-7-6-27-47-36-22-16-34(17-23-36)41(45)51-38-24-18-35(19-25-38)42(46)50-37-20-14-32(15-21-37)9-8-31-10-12-33(13-11-31)26-29-48-39(43)5-2/h5,8-25,30H,2,4,6-7,26-29H2,1,3H3/b9-8+. The van der Waals surface area contributed by atoms with E-state index in [1.165, 1.54) is 24.3 Å². The van der Waals surface area contributed by atoms with Crippen molar-refractivity contribution in [3.8, 4) is 17.2 Å². The molecule has 51 heavy (non-hydrogen) atoms. The summed E-state index contributed by atoms with van der Waals surface area (Å²) in [6.07, 6.45) is 7.88. The van der Waals surface area contributed by atoms with E-state index >= 15 is 0 Å². The molecule has 0 amide bonds. The molecule has 1 atom stereocenters. The highest BCUT2D eigenvalue weighted by atomic mass is 16.5. The number of hydrogen-bond donors (Lipinski definition) is 0. The maximum Gasteiger partial charge on any atom is 0.343 e. The number of unbranched alkanes of at least 4 members (excludes halogenated alkanes) is 1. The molecule has 0 aliphatic heterocycles. The Balaban J connectivity index is 1.17. The van der Waals surface area contributed by atoms with E-state index in [2.05, 4.69) is 6.58 Å². The maximum atomic E-state index is 12.7. The van der Waals surface area contributed by atoms with Crippen LogP contribution in [-0.4, -0.2) is 43.7 Å². The fraction of sp³-hybridized carbons (Fsp3) is 0.238. The lowest BCUT2D eigenvalue weighted by Crippen LogP contribution is -2.15. The number of carbonyl (C=O) groups is 4. The number of ether oxygens (including phenoxy) is 5. The van der Waals surface area contributed by atoms with Crippen molar-refractivity contribution in [2.75, 3.05) is 19.8 Å². The van der Waals surface area contributed by atoms with E-state index in [1.54, 1.807) is 36.4 Å². The highest BCUT2D eigenvalue weighted by Gasteiger charge is 2.13. The van der Waals surface area contributed by atoms with E-state index in [9.17, 15) is 19.2 Å². The lowest BCUT2D eigenvalue weighted by molar-refractivity contribution is -0.148. The predicted octanol–water partition coefficient (Wildman–Crippen LogP) is 8.32. The third-order valence-corrected chi connectivity index (χ3v) is 7.80. The van der Waals surface area contributed by atoms with Gasteiger partial charge in [0.25, 0.3) is 0 Å². The van der Waals surface area contributed by atoms with E-state index in [4.69, 9.17) is 23.7 Å². The molecular formula is C42H42O9. The molecule has 1 unspecified atom stereocenters. The smallest absolute Gasteiger partial charge is 0.343 e. The normalized spacial score (nSPS) is 11.3. The first kappa shape index (κ1) is 37.9. The first-order valence-corrected chi connectivity index (χ1v) is 16.8. The zero-order valence-electron chi connectivity index (χ0n) is 28.9. The molecule has 0 heterocycles. The molecule has 0 aliphatic carbocycles. The van der Waals surface area contributed by atoms with Crippen LogP contribution in [0.3, 0.4) is 0 Å². The summed E-state index contributed by atoms with van der Waals surface area (Å²) < 4.78 is 27.0. The summed E-state index contributed by atoms with van der Waals surface area (Å²) in [5, 5.41) is 0. The van der Waals surface area contributed by atoms with E-state index < -0.39 is 17.9 Å². The predicted molar refractivity (Wildman–Crippen MR) is 195 cm³/mol. The Kier molecular flexibility index (Phi) is 14.8. The Hall–Kier alpha value is -5.96. The van der Waals surface area contributed by atoms with Crippen LogP contribution in [-0.2, 0) is 25.5 Å². The van der Waals surface area contributed by atoms with Crippen molar-refractivity contribution in [3.63, 3.8) is 0 Å². The molecule has 0 N–H and O–H groups in total. The van der Waals surface area contributed by atoms with Gasteiger partial charge in [0.1, 0.15) is 17.2 Å². The Morgan fingerprint density at radius 2 is 1.12 bits per heavy atom. The van der Waals surface area contributed by atoms with Gasteiger partial charge in [0, 0.05) is 12.5 Å². The van der Waals surface area contributed by atoms with Gasteiger partial charge in [-0.1, -0.05) is 69.0 Å². The van der Waals surface area contributed by atoms with Gasteiger partial charge in [0.15, 0.2) is 0 Å². The molecule has 4 rings (SSSR count). The average Bonchev–Trinajstić information content (AvgIpc) is 3.16. The first-order valence-electron chi connectivity index (χ1n) is 16.8. The second kappa shape index (κ2) is 19.9. The van der Waals surface area contributed by atoms with E-state index in [1.807, 2.05) is 62.4 Å². The van der Waals surface area contributed by atoms with Crippen LogP contribution in [0.1, 0.15) is 70.5 Å². The third-order valence-electron chi connectivity index (χ3n) is 7.80. The minimum absolute atomic E-state index is 0.0892. The number of esters is 4. The molecule has 0 aromatic heterocycles. The van der Waals surface area contributed by atoms with Gasteiger partial charge < -0.3 is 23.7 Å². The van der Waals surface area contributed by atoms with Crippen molar-refractivity contribution >= 4 is 36.0 Å². The van der Waals surface area contributed by atoms with Gasteiger partial charge in [-0.05, 0) is 96.6 Å². The van der Waals surface area contributed by atoms with Gasteiger partial charge in [-0.3, -0.25) is 4.79 Å². The van der Waals surface area contributed by atoms with E-state index in [0.717, 1.165) is 35.6 Å². The molecule has 4 aromatic carbocycles. The van der Waals surface area contributed by atoms with Crippen LogP contribution >= 0.6 is 0 Å². The van der Waals surface area contributed by atoms with Gasteiger partial charge in [-0.2, -0.15) is 0 Å². The minimum Gasteiger partial charge on any atom is -0.494 e. The van der Waals surface area contributed by atoms with Gasteiger partial charge >= 0.3 is 23.9 Å². The van der Waals surface area contributed by atoms with Crippen molar-refractivity contribution in [1.29, 1.82) is 0 Å². The fourth-order valence-electron chi connectivity index (χ4n) is 4.52. The molecule has 0 spiro atoms. The molecule has 0 saturated carbocycles. The minimum atomic E-state index is -0.546. The number of hydrogen-bond acceptors (Lipinski definition) is 9. The van der Waals surface area contributed by atoms with Crippen molar-refractivity contribution in [2.45, 2.75) is 39.5 Å². The summed E-state index contributed by atoms with van der Waals surface area (Å²) in [5.74, 6) is -0.495. The molecular weight excluding hydrogens is 648 g/mol. The zero-order valence-corrected chi connectivity index (χ0v) is 28.9. The van der Waals surface area contributed by atoms with Crippen LogP contribution in [0.25, 0.3) is 12.2 Å². The molecule has 0 aliphatic rings. The molecule has 9 nitrogen and oxygen atoms in total. The van der Waals surface area contributed by atoms with Crippen LogP contribution in [0.15, 0.2) is 110 Å². The topological polar surface area (TPSA) is 114 Å². The SMILES string of the molecule is C=CC(=O)OCCc1ccc(/C=C/c2ccc(OC(=O)c3ccc(OC(=O)c4ccc(OCCCCOC(=O)C(C)CC)cc4)cc3)cc2)cc1. The van der Waals surface area contributed by atoms with E-state index in [0.29, 0.717) is 55.3 Å². The lowest BCUT2D eigenvalue weighted by Gasteiger charge is -2.10. The van der Waals surface area contributed by atoms with Crippen molar-refractivity contribution < 1.29 is 42.9 Å². The lowest BCUT2D eigenvalue weighted by atomic mass is 10.1. The van der Waals surface area contributed by atoms with Crippen LogP contribution in [0.5, 0.6) is 17.2 Å². The summed E-state index contributed by atoms with van der Waals surface area (Å²) in [4.78, 5) is 48.2. The number of carbonyl (C=O) groups excluding carboxylic acids is 4. The quantitative estimate of drug-likeness (QED) is 0.0334. The first-order chi connectivity index (χ1) is 24.7.